The summed E-state index contributed by atoms with van der Waals surface area (Å²) in [7, 11) is 6.66. The normalized spacial score (nSPS) is 15.9. The number of rotatable bonds is 8. The van der Waals surface area contributed by atoms with Gasteiger partial charge in [-0.1, -0.05) is 34.6 Å². The maximum absolute atomic E-state index is 2.54. The van der Waals surface area contributed by atoms with Crippen LogP contribution in [0.5, 0.6) is 0 Å². The summed E-state index contributed by atoms with van der Waals surface area (Å²) in [6.07, 6.45) is 3.75. The van der Waals surface area contributed by atoms with Gasteiger partial charge in [-0.15, -0.1) is 0 Å². The Morgan fingerprint density at radius 1 is 0.857 bits per heavy atom. The molecule has 0 aliphatic carbocycles. The summed E-state index contributed by atoms with van der Waals surface area (Å²) in [5.41, 5.74) is 1.05. The summed E-state index contributed by atoms with van der Waals surface area (Å²) in [5, 5.41) is 0. The summed E-state index contributed by atoms with van der Waals surface area (Å²) >= 11 is 0. The fraction of sp³-hybridized carbons (Fsp3) is 1.00. The van der Waals surface area contributed by atoms with Crippen LogP contribution in [0.15, 0.2) is 0 Å². The maximum atomic E-state index is 2.54. The van der Waals surface area contributed by atoms with E-state index in [0.717, 1.165) is 0 Å². The van der Waals surface area contributed by atoms with Crippen LogP contribution in [0, 0.1) is 10.8 Å². The molecule has 0 aromatic carbocycles. The van der Waals surface area contributed by atoms with E-state index in [2.05, 4.69) is 86.3 Å². The standard InChI is InChI=1S/C19H42N2/c1-16(14-17(2,3)4)21(11)13-12-18(5,6)15-19(7,8)20(9)10/h16H,12-15H2,1-11H3. The summed E-state index contributed by atoms with van der Waals surface area (Å²) < 4.78 is 0. The van der Waals surface area contributed by atoms with E-state index in [1.54, 1.807) is 0 Å². The van der Waals surface area contributed by atoms with Crippen LogP contribution in [-0.4, -0.2) is 49.1 Å². The fourth-order valence-electron chi connectivity index (χ4n) is 3.16. The van der Waals surface area contributed by atoms with Gasteiger partial charge >= 0.3 is 0 Å². The quantitative estimate of drug-likeness (QED) is 0.629. The van der Waals surface area contributed by atoms with Crippen molar-refractivity contribution in [3.05, 3.63) is 0 Å². The second-order valence-corrected chi connectivity index (χ2v) is 9.89. The van der Waals surface area contributed by atoms with Crippen molar-refractivity contribution < 1.29 is 0 Å². The molecule has 0 radical (unpaired) electrons. The van der Waals surface area contributed by atoms with Crippen LogP contribution in [0.4, 0.5) is 0 Å². The molecule has 21 heavy (non-hydrogen) atoms. The highest BCUT2D eigenvalue weighted by molar-refractivity contribution is 4.86. The van der Waals surface area contributed by atoms with Gasteiger partial charge in [0.25, 0.3) is 0 Å². The van der Waals surface area contributed by atoms with Crippen LogP contribution in [0.25, 0.3) is 0 Å². The Kier molecular flexibility index (Phi) is 7.43. The van der Waals surface area contributed by atoms with E-state index >= 15 is 0 Å². The highest BCUT2D eigenvalue weighted by atomic mass is 15.1. The lowest BCUT2D eigenvalue weighted by Gasteiger charge is -2.41. The van der Waals surface area contributed by atoms with Gasteiger partial charge in [0, 0.05) is 11.6 Å². The Labute approximate surface area is 135 Å². The van der Waals surface area contributed by atoms with Crippen molar-refractivity contribution >= 4 is 0 Å². The second-order valence-electron chi connectivity index (χ2n) is 9.89. The van der Waals surface area contributed by atoms with Crippen LogP contribution in [-0.2, 0) is 0 Å². The zero-order valence-electron chi connectivity index (χ0n) is 16.8. The second kappa shape index (κ2) is 7.46. The first-order valence-electron chi connectivity index (χ1n) is 8.54. The number of hydrogen-bond donors (Lipinski definition) is 0. The molecule has 0 saturated heterocycles. The molecule has 0 fully saturated rings. The Balaban J connectivity index is 4.42. The Morgan fingerprint density at radius 3 is 1.71 bits per heavy atom. The lowest BCUT2D eigenvalue weighted by Crippen LogP contribution is -2.43. The predicted molar refractivity (Wildman–Crippen MR) is 96.9 cm³/mol. The molecule has 0 spiro atoms. The molecule has 0 aromatic heterocycles. The first-order valence-corrected chi connectivity index (χ1v) is 8.54. The average Bonchev–Trinajstić information content (AvgIpc) is 2.21. The molecular formula is C19H42N2. The van der Waals surface area contributed by atoms with E-state index < -0.39 is 0 Å². The van der Waals surface area contributed by atoms with Gasteiger partial charge in [0.2, 0.25) is 0 Å². The molecule has 1 atom stereocenters. The SMILES string of the molecule is CC(CC(C)(C)C)N(C)CCC(C)(C)CC(C)(C)N(C)C. The molecule has 0 aromatic rings. The maximum Gasteiger partial charge on any atom is 0.0152 e. The molecular weight excluding hydrogens is 256 g/mol. The lowest BCUT2D eigenvalue weighted by atomic mass is 9.77. The molecule has 0 saturated carbocycles. The third-order valence-corrected chi connectivity index (χ3v) is 4.92. The van der Waals surface area contributed by atoms with E-state index in [1.165, 1.54) is 25.8 Å². The van der Waals surface area contributed by atoms with Gasteiger partial charge in [0.15, 0.2) is 0 Å². The first kappa shape index (κ1) is 20.9. The van der Waals surface area contributed by atoms with Crippen LogP contribution in [0.1, 0.15) is 74.7 Å². The summed E-state index contributed by atoms with van der Waals surface area (Å²) in [5.74, 6) is 0. The lowest BCUT2D eigenvalue weighted by molar-refractivity contribution is 0.100. The largest absolute Gasteiger partial charge is 0.304 e. The third kappa shape index (κ3) is 8.83. The third-order valence-electron chi connectivity index (χ3n) is 4.92. The van der Waals surface area contributed by atoms with Crippen molar-refractivity contribution in [2.45, 2.75) is 86.2 Å². The zero-order chi connectivity index (χ0) is 17.1. The van der Waals surface area contributed by atoms with Crippen molar-refractivity contribution in [3.8, 4) is 0 Å². The van der Waals surface area contributed by atoms with E-state index in [4.69, 9.17) is 0 Å². The summed E-state index contributed by atoms with van der Waals surface area (Å²) in [6, 6.07) is 0.655. The highest BCUT2D eigenvalue weighted by Gasteiger charge is 2.30. The van der Waals surface area contributed by atoms with Crippen LogP contribution < -0.4 is 0 Å². The molecule has 0 aliphatic rings. The minimum absolute atomic E-state index is 0.263. The molecule has 0 amide bonds. The number of nitrogens with zero attached hydrogens (tertiary/aromatic N) is 2. The fourth-order valence-corrected chi connectivity index (χ4v) is 3.16. The van der Waals surface area contributed by atoms with Gasteiger partial charge < -0.3 is 9.80 Å². The van der Waals surface area contributed by atoms with Crippen molar-refractivity contribution in [1.82, 2.24) is 9.80 Å². The first-order chi connectivity index (χ1) is 9.16. The smallest absolute Gasteiger partial charge is 0.0152 e. The van der Waals surface area contributed by atoms with Crippen molar-refractivity contribution in [1.29, 1.82) is 0 Å². The van der Waals surface area contributed by atoms with Gasteiger partial charge in [0.05, 0.1) is 0 Å². The molecule has 0 rings (SSSR count). The average molecular weight is 299 g/mol. The van der Waals surface area contributed by atoms with Crippen molar-refractivity contribution in [2.75, 3.05) is 27.7 Å². The van der Waals surface area contributed by atoms with E-state index in [-0.39, 0.29) is 5.54 Å². The van der Waals surface area contributed by atoms with Gasteiger partial charge in [-0.05, 0) is 78.6 Å². The predicted octanol–water partition coefficient (Wildman–Crippen LogP) is 4.89. The Morgan fingerprint density at radius 2 is 1.33 bits per heavy atom. The molecule has 1 unspecified atom stereocenters. The molecule has 0 heterocycles. The van der Waals surface area contributed by atoms with Crippen LogP contribution in [0.2, 0.25) is 0 Å². The Hall–Kier alpha value is -0.0800. The van der Waals surface area contributed by atoms with Gasteiger partial charge in [0.1, 0.15) is 0 Å². The van der Waals surface area contributed by atoms with Crippen molar-refractivity contribution in [3.63, 3.8) is 0 Å². The van der Waals surface area contributed by atoms with Gasteiger partial charge in [-0.2, -0.15) is 0 Å². The molecule has 2 heteroatoms. The van der Waals surface area contributed by atoms with E-state index in [9.17, 15) is 0 Å². The topological polar surface area (TPSA) is 6.48 Å². The van der Waals surface area contributed by atoms with Gasteiger partial charge in [-0.3, -0.25) is 0 Å². The van der Waals surface area contributed by atoms with Crippen LogP contribution in [0.3, 0.4) is 0 Å². The van der Waals surface area contributed by atoms with E-state index in [1.807, 2.05) is 0 Å². The number of hydrogen-bond acceptors (Lipinski definition) is 2. The van der Waals surface area contributed by atoms with Gasteiger partial charge in [-0.25, -0.2) is 0 Å². The molecule has 128 valence electrons. The Bertz CT molecular complexity index is 297. The highest BCUT2D eigenvalue weighted by Crippen LogP contribution is 2.34. The molecule has 0 aliphatic heterocycles. The summed E-state index contributed by atoms with van der Waals surface area (Å²) in [6.45, 7) is 20.1. The minimum Gasteiger partial charge on any atom is -0.304 e. The molecule has 0 N–H and O–H groups in total. The van der Waals surface area contributed by atoms with Crippen molar-refractivity contribution in [2.24, 2.45) is 10.8 Å². The minimum atomic E-state index is 0.263. The molecule has 0 bridgehead atoms. The van der Waals surface area contributed by atoms with E-state index in [0.29, 0.717) is 16.9 Å². The summed E-state index contributed by atoms with van der Waals surface area (Å²) in [4.78, 5) is 4.89. The zero-order valence-corrected chi connectivity index (χ0v) is 16.8. The van der Waals surface area contributed by atoms with Crippen LogP contribution >= 0.6 is 0 Å². The monoisotopic (exact) mass is 298 g/mol. The molecule has 2 nitrogen and oxygen atoms in total.